The minimum atomic E-state index is 0.00628. The van der Waals surface area contributed by atoms with Crippen molar-refractivity contribution < 1.29 is 14.3 Å². The van der Waals surface area contributed by atoms with Gasteiger partial charge < -0.3 is 14.4 Å². The van der Waals surface area contributed by atoms with E-state index in [1.807, 2.05) is 28.8 Å². The van der Waals surface area contributed by atoms with Crippen LogP contribution in [-0.2, 0) is 0 Å². The third kappa shape index (κ3) is 3.83. The minimum absolute atomic E-state index is 0.00628. The Bertz CT molecular complexity index is 778. The lowest BCUT2D eigenvalue weighted by molar-refractivity contribution is 0.0762. The van der Waals surface area contributed by atoms with Gasteiger partial charge in [-0.25, -0.2) is 0 Å². The fourth-order valence-corrected chi connectivity index (χ4v) is 4.72. The fourth-order valence-electron chi connectivity index (χ4n) is 3.40. The summed E-state index contributed by atoms with van der Waals surface area (Å²) >= 11 is 1.94. The maximum Gasteiger partial charge on any atom is 0.257 e. The van der Waals surface area contributed by atoms with Crippen molar-refractivity contribution in [3.8, 4) is 11.5 Å². The molecule has 0 bridgehead atoms. The molecule has 2 aromatic carbocycles. The second-order valence-corrected chi connectivity index (χ2v) is 7.65. The van der Waals surface area contributed by atoms with Crippen LogP contribution >= 0.6 is 11.8 Å². The molecular weight excluding hydrogens is 346 g/mol. The molecule has 2 aromatic rings. The van der Waals surface area contributed by atoms with Gasteiger partial charge in [0.1, 0.15) is 0 Å². The monoisotopic (exact) mass is 371 g/mol. The number of ether oxygens (including phenoxy) is 2. The van der Waals surface area contributed by atoms with Crippen LogP contribution in [0.5, 0.6) is 11.5 Å². The number of nitrogens with zero attached hydrogens (tertiary/aromatic N) is 1. The van der Waals surface area contributed by atoms with E-state index in [2.05, 4.69) is 31.2 Å². The van der Waals surface area contributed by atoms with Crippen LogP contribution in [0.1, 0.15) is 33.2 Å². The Labute approximate surface area is 159 Å². The van der Waals surface area contributed by atoms with Crippen LogP contribution in [0.15, 0.2) is 42.5 Å². The molecule has 0 N–H and O–H groups in total. The summed E-state index contributed by atoms with van der Waals surface area (Å²) in [7, 11) is 3.16. The van der Waals surface area contributed by atoms with Crippen molar-refractivity contribution in [3.05, 3.63) is 59.2 Å². The number of hydrogen-bond donors (Lipinski definition) is 0. The largest absolute Gasteiger partial charge is 0.493 e. The first-order valence-corrected chi connectivity index (χ1v) is 9.88. The number of carbonyl (C=O) groups is 1. The van der Waals surface area contributed by atoms with E-state index in [1.54, 1.807) is 20.3 Å². The molecule has 1 atom stereocenters. The molecule has 1 aliphatic heterocycles. The van der Waals surface area contributed by atoms with Crippen molar-refractivity contribution in [3.63, 3.8) is 0 Å². The van der Waals surface area contributed by atoms with Gasteiger partial charge in [0.15, 0.2) is 11.5 Å². The Hall–Kier alpha value is -2.14. The van der Waals surface area contributed by atoms with Crippen LogP contribution in [0.2, 0.25) is 0 Å². The highest BCUT2D eigenvalue weighted by Gasteiger charge is 2.26. The third-order valence-corrected chi connectivity index (χ3v) is 6.11. The molecule has 0 aromatic heterocycles. The van der Waals surface area contributed by atoms with Gasteiger partial charge in [0.05, 0.1) is 19.8 Å². The molecule has 0 spiro atoms. The zero-order valence-corrected chi connectivity index (χ0v) is 16.3. The summed E-state index contributed by atoms with van der Waals surface area (Å²) in [6.07, 6.45) is 0.952. The number of hydrogen-bond acceptors (Lipinski definition) is 4. The molecule has 1 aliphatic rings. The van der Waals surface area contributed by atoms with Crippen molar-refractivity contribution in [2.24, 2.45) is 0 Å². The molecule has 5 heteroatoms. The number of rotatable bonds is 4. The molecule has 1 heterocycles. The molecule has 0 radical (unpaired) electrons. The maximum absolute atomic E-state index is 13.1. The first-order chi connectivity index (χ1) is 12.7. The minimum Gasteiger partial charge on any atom is -0.493 e. The van der Waals surface area contributed by atoms with Gasteiger partial charge in [-0.15, -0.1) is 0 Å². The highest BCUT2D eigenvalue weighted by atomic mass is 32.2. The number of amides is 1. The van der Waals surface area contributed by atoms with Crippen LogP contribution in [0.4, 0.5) is 0 Å². The van der Waals surface area contributed by atoms with Crippen molar-refractivity contribution >= 4 is 17.7 Å². The lowest BCUT2D eigenvalue weighted by atomic mass is 10.0. The summed E-state index contributed by atoms with van der Waals surface area (Å²) in [5.74, 6) is 2.02. The number of aryl methyl sites for hydroxylation is 1. The highest BCUT2D eigenvalue weighted by Crippen LogP contribution is 2.37. The van der Waals surface area contributed by atoms with E-state index < -0.39 is 0 Å². The van der Waals surface area contributed by atoms with Gasteiger partial charge in [0, 0.05) is 24.1 Å². The fraction of sp³-hybridized carbons (Fsp3) is 0.381. The van der Waals surface area contributed by atoms with E-state index in [-0.39, 0.29) is 5.91 Å². The summed E-state index contributed by atoms with van der Waals surface area (Å²) in [4.78, 5) is 15.0. The van der Waals surface area contributed by atoms with E-state index in [4.69, 9.17) is 9.47 Å². The summed E-state index contributed by atoms with van der Waals surface area (Å²) < 4.78 is 10.8. The van der Waals surface area contributed by atoms with E-state index >= 15 is 0 Å². The number of para-hydroxylation sites is 1. The molecule has 4 nitrogen and oxygen atoms in total. The number of methoxy groups -OCH3 is 2. The zero-order valence-electron chi connectivity index (χ0n) is 15.5. The van der Waals surface area contributed by atoms with Crippen LogP contribution in [0, 0.1) is 6.92 Å². The van der Waals surface area contributed by atoms with Crippen molar-refractivity contribution in [1.29, 1.82) is 0 Å². The SMILES string of the molecule is COc1cccc(C(=O)N2CCS[C@H](c3ccccc3C)CC2)c1OC. The van der Waals surface area contributed by atoms with Gasteiger partial charge in [-0.3, -0.25) is 4.79 Å². The quantitative estimate of drug-likeness (QED) is 0.802. The van der Waals surface area contributed by atoms with E-state index in [0.29, 0.717) is 22.3 Å². The number of thioether (sulfide) groups is 1. The summed E-state index contributed by atoms with van der Waals surface area (Å²) in [6.45, 7) is 3.64. The molecular formula is C21H25NO3S. The van der Waals surface area contributed by atoms with Crippen LogP contribution in [0.25, 0.3) is 0 Å². The van der Waals surface area contributed by atoms with E-state index in [1.165, 1.54) is 11.1 Å². The molecule has 138 valence electrons. The van der Waals surface area contributed by atoms with Crippen molar-refractivity contribution in [2.75, 3.05) is 33.1 Å². The normalized spacial score (nSPS) is 17.5. The molecule has 1 amide bonds. The molecule has 1 fully saturated rings. The van der Waals surface area contributed by atoms with Gasteiger partial charge in [-0.1, -0.05) is 30.3 Å². The molecule has 1 saturated heterocycles. The first kappa shape index (κ1) is 18.6. The van der Waals surface area contributed by atoms with Crippen LogP contribution < -0.4 is 9.47 Å². The van der Waals surface area contributed by atoms with Crippen LogP contribution in [-0.4, -0.2) is 43.9 Å². The number of carbonyl (C=O) groups excluding carboxylic acids is 1. The van der Waals surface area contributed by atoms with Gasteiger partial charge in [0.25, 0.3) is 5.91 Å². The van der Waals surface area contributed by atoms with Crippen molar-refractivity contribution in [2.45, 2.75) is 18.6 Å². The molecule has 0 aliphatic carbocycles. The van der Waals surface area contributed by atoms with Crippen molar-refractivity contribution in [1.82, 2.24) is 4.90 Å². The summed E-state index contributed by atoms with van der Waals surface area (Å²) in [6, 6.07) is 14.0. The number of benzene rings is 2. The molecule has 0 saturated carbocycles. The van der Waals surface area contributed by atoms with Gasteiger partial charge in [-0.05, 0) is 36.6 Å². The zero-order chi connectivity index (χ0) is 18.5. The average molecular weight is 372 g/mol. The topological polar surface area (TPSA) is 38.8 Å². The molecule has 0 unspecified atom stereocenters. The third-order valence-electron chi connectivity index (χ3n) is 4.80. The average Bonchev–Trinajstić information content (AvgIpc) is 2.93. The molecule has 3 rings (SSSR count). The highest BCUT2D eigenvalue weighted by molar-refractivity contribution is 7.99. The second-order valence-electron chi connectivity index (χ2n) is 6.34. The summed E-state index contributed by atoms with van der Waals surface area (Å²) in [5, 5.41) is 0.432. The Morgan fingerprint density at radius 1 is 1.08 bits per heavy atom. The predicted octanol–water partition coefficient (Wildman–Crippen LogP) is 4.33. The standard InChI is InChI=1S/C21H25NO3S/c1-15-7-4-5-8-16(15)19-11-12-22(13-14-26-19)21(23)17-9-6-10-18(24-2)20(17)25-3/h4-10,19H,11-14H2,1-3H3/t19-/m0/s1. The van der Waals surface area contributed by atoms with Gasteiger partial charge >= 0.3 is 0 Å². The lowest BCUT2D eigenvalue weighted by Gasteiger charge is -2.22. The second kappa shape index (κ2) is 8.49. The Morgan fingerprint density at radius 3 is 2.62 bits per heavy atom. The predicted molar refractivity (Wildman–Crippen MR) is 106 cm³/mol. The first-order valence-electron chi connectivity index (χ1n) is 8.83. The lowest BCUT2D eigenvalue weighted by Crippen LogP contribution is -2.33. The smallest absolute Gasteiger partial charge is 0.257 e. The van der Waals surface area contributed by atoms with Crippen LogP contribution in [0.3, 0.4) is 0 Å². The Morgan fingerprint density at radius 2 is 1.88 bits per heavy atom. The maximum atomic E-state index is 13.1. The van der Waals surface area contributed by atoms with E-state index in [9.17, 15) is 4.79 Å². The van der Waals surface area contributed by atoms with Gasteiger partial charge in [-0.2, -0.15) is 11.8 Å². The van der Waals surface area contributed by atoms with E-state index in [0.717, 1.165) is 25.3 Å². The Kier molecular flexibility index (Phi) is 6.09. The molecule has 26 heavy (non-hydrogen) atoms. The van der Waals surface area contributed by atoms with Gasteiger partial charge in [0.2, 0.25) is 0 Å². The summed E-state index contributed by atoms with van der Waals surface area (Å²) in [5.41, 5.74) is 3.26. The Balaban J connectivity index is 1.77.